The first-order valence-corrected chi connectivity index (χ1v) is 9.71. The molecule has 8 nitrogen and oxygen atoms in total. The third-order valence-electron chi connectivity index (χ3n) is 4.01. The van der Waals surface area contributed by atoms with Gasteiger partial charge >= 0.3 is 6.09 Å². The number of ether oxygens (including phenoxy) is 1. The van der Waals surface area contributed by atoms with Gasteiger partial charge in [0.05, 0.1) is 23.1 Å². The van der Waals surface area contributed by atoms with E-state index in [0.29, 0.717) is 33.4 Å². The molecular formula is C19H22BrN5O3. The van der Waals surface area contributed by atoms with Crippen LogP contribution in [0.15, 0.2) is 39.7 Å². The topological polar surface area (TPSA) is 102 Å². The van der Waals surface area contributed by atoms with Gasteiger partial charge in [-0.25, -0.2) is 14.3 Å². The minimum absolute atomic E-state index is 0.263. The molecule has 0 aliphatic carbocycles. The van der Waals surface area contributed by atoms with Crippen molar-refractivity contribution in [3.05, 3.63) is 51.1 Å². The number of carbonyl (C=O) groups is 1. The van der Waals surface area contributed by atoms with Crippen LogP contribution in [0.4, 0.5) is 4.79 Å². The maximum absolute atomic E-state index is 13.3. The number of fused-ring (bicyclic) bond motifs is 1. The molecule has 0 unspecified atom stereocenters. The van der Waals surface area contributed by atoms with Crippen molar-refractivity contribution in [2.75, 3.05) is 0 Å². The fraction of sp³-hybridized carbons (Fsp3) is 0.368. The van der Waals surface area contributed by atoms with Crippen LogP contribution >= 0.6 is 15.9 Å². The van der Waals surface area contributed by atoms with E-state index in [9.17, 15) is 9.59 Å². The van der Waals surface area contributed by atoms with Crippen LogP contribution in [-0.2, 0) is 4.74 Å². The summed E-state index contributed by atoms with van der Waals surface area (Å²) in [6.07, 6.45) is 1.50. The molecule has 3 aromatic rings. The summed E-state index contributed by atoms with van der Waals surface area (Å²) in [6.45, 7) is 7.27. The van der Waals surface area contributed by atoms with Crippen molar-refractivity contribution in [1.29, 1.82) is 0 Å². The van der Waals surface area contributed by atoms with Gasteiger partial charge in [0.15, 0.2) is 0 Å². The molecule has 0 saturated heterocycles. The lowest BCUT2D eigenvalue weighted by atomic mass is 10.1. The Hall–Kier alpha value is -2.68. The first kappa shape index (κ1) is 20.1. The van der Waals surface area contributed by atoms with E-state index in [1.54, 1.807) is 45.2 Å². The van der Waals surface area contributed by atoms with Crippen molar-refractivity contribution < 1.29 is 9.53 Å². The second-order valence-corrected chi connectivity index (χ2v) is 8.15. The predicted octanol–water partition coefficient (Wildman–Crippen LogP) is 3.85. The van der Waals surface area contributed by atoms with Gasteiger partial charge in [0.1, 0.15) is 17.2 Å². The zero-order chi connectivity index (χ0) is 20.5. The van der Waals surface area contributed by atoms with E-state index < -0.39 is 17.7 Å². The number of benzene rings is 1. The summed E-state index contributed by atoms with van der Waals surface area (Å²) in [5.74, 6) is 0.864. The predicted molar refractivity (Wildman–Crippen MR) is 110 cm³/mol. The molecule has 1 amide bonds. The van der Waals surface area contributed by atoms with Crippen LogP contribution in [0.3, 0.4) is 0 Å². The van der Waals surface area contributed by atoms with E-state index in [0.717, 1.165) is 0 Å². The third-order valence-corrected chi connectivity index (χ3v) is 4.67. The van der Waals surface area contributed by atoms with E-state index in [4.69, 9.17) is 4.74 Å². The third kappa shape index (κ3) is 4.09. The van der Waals surface area contributed by atoms with Crippen LogP contribution in [0.5, 0.6) is 0 Å². The van der Waals surface area contributed by atoms with E-state index >= 15 is 0 Å². The SMILES string of the molecule is CC[C@H](NC(=O)OC(C)(C)C)c1nc2cccc(Br)c2c(=O)n1-c1ccn[nH]1. The molecule has 0 radical (unpaired) electrons. The monoisotopic (exact) mass is 447 g/mol. The maximum atomic E-state index is 13.3. The summed E-state index contributed by atoms with van der Waals surface area (Å²) in [6, 6.07) is 6.51. The van der Waals surface area contributed by atoms with Crippen molar-refractivity contribution in [3.8, 4) is 5.82 Å². The molecule has 1 atom stereocenters. The minimum atomic E-state index is -0.632. The van der Waals surface area contributed by atoms with Crippen LogP contribution in [0.1, 0.15) is 46.0 Å². The molecule has 3 rings (SSSR count). The summed E-state index contributed by atoms with van der Waals surface area (Å²) in [5.41, 5.74) is -0.358. The first-order chi connectivity index (χ1) is 13.2. The van der Waals surface area contributed by atoms with Crippen molar-refractivity contribution in [2.45, 2.75) is 45.8 Å². The summed E-state index contributed by atoms with van der Waals surface area (Å²) < 4.78 is 7.45. The van der Waals surface area contributed by atoms with Crippen LogP contribution in [0.25, 0.3) is 16.7 Å². The number of amides is 1. The first-order valence-electron chi connectivity index (χ1n) is 8.91. The number of rotatable bonds is 4. The Morgan fingerprint density at radius 3 is 2.71 bits per heavy atom. The Kier molecular flexibility index (Phi) is 5.55. The fourth-order valence-electron chi connectivity index (χ4n) is 2.85. The summed E-state index contributed by atoms with van der Waals surface area (Å²) in [7, 11) is 0. The number of hydrogen-bond acceptors (Lipinski definition) is 5. The quantitative estimate of drug-likeness (QED) is 0.632. The molecule has 148 valence electrons. The number of hydrogen-bond donors (Lipinski definition) is 2. The number of nitrogens with zero attached hydrogens (tertiary/aromatic N) is 3. The van der Waals surface area contributed by atoms with E-state index in [1.165, 1.54) is 4.57 Å². The number of halogens is 1. The van der Waals surface area contributed by atoms with Crippen molar-refractivity contribution >= 4 is 32.9 Å². The van der Waals surface area contributed by atoms with Gasteiger partial charge in [-0.15, -0.1) is 0 Å². The Morgan fingerprint density at radius 1 is 1.36 bits per heavy atom. The highest BCUT2D eigenvalue weighted by Gasteiger charge is 2.25. The lowest BCUT2D eigenvalue weighted by Crippen LogP contribution is -2.37. The molecule has 2 N–H and O–H groups in total. The number of alkyl carbamates (subject to hydrolysis) is 1. The number of carbonyl (C=O) groups excluding carboxylic acids is 1. The molecule has 0 aliphatic rings. The van der Waals surface area contributed by atoms with Gasteiger partial charge in [-0.05, 0) is 55.3 Å². The van der Waals surface area contributed by atoms with Crippen molar-refractivity contribution in [3.63, 3.8) is 0 Å². The largest absolute Gasteiger partial charge is 0.444 e. The average molecular weight is 448 g/mol. The number of aromatic amines is 1. The fourth-order valence-corrected chi connectivity index (χ4v) is 3.37. The number of H-pyrrole nitrogens is 1. The lowest BCUT2D eigenvalue weighted by molar-refractivity contribution is 0.0499. The normalized spacial score (nSPS) is 12.8. The lowest BCUT2D eigenvalue weighted by Gasteiger charge is -2.24. The van der Waals surface area contributed by atoms with Gasteiger partial charge in [0.2, 0.25) is 0 Å². The Morgan fingerprint density at radius 2 is 2.11 bits per heavy atom. The van der Waals surface area contributed by atoms with E-state index in [1.807, 2.05) is 13.0 Å². The Labute approximate surface area is 170 Å². The van der Waals surface area contributed by atoms with Crippen LogP contribution in [-0.4, -0.2) is 31.4 Å². The molecule has 28 heavy (non-hydrogen) atoms. The number of aromatic nitrogens is 4. The molecular weight excluding hydrogens is 426 g/mol. The zero-order valence-electron chi connectivity index (χ0n) is 16.1. The standard InChI is InChI=1S/C19H22BrN5O3/c1-5-12(23-18(27)28-19(2,3)4)16-22-13-8-6-7-11(20)15(13)17(26)25(16)14-9-10-21-24-14/h6-10,12H,5H2,1-4H3,(H,21,24)(H,23,27)/t12-/m0/s1. The van der Waals surface area contributed by atoms with Crippen LogP contribution in [0.2, 0.25) is 0 Å². The molecule has 2 aromatic heterocycles. The summed E-state index contributed by atoms with van der Waals surface area (Å²) in [5, 5.41) is 10.0. The van der Waals surface area contributed by atoms with E-state index in [2.05, 4.69) is 36.4 Å². The summed E-state index contributed by atoms with van der Waals surface area (Å²) >= 11 is 3.43. The smallest absolute Gasteiger partial charge is 0.408 e. The molecule has 1 aromatic carbocycles. The molecule has 0 aliphatic heterocycles. The Balaban J connectivity index is 2.17. The highest BCUT2D eigenvalue weighted by molar-refractivity contribution is 9.10. The van der Waals surface area contributed by atoms with Gasteiger partial charge in [-0.3, -0.25) is 9.89 Å². The highest BCUT2D eigenvalue weighted by Crippen LogP contribution is 2.24. The van der Waals surface area contributed by atoms with Crippen molar-refractivity contribution in [1.82, 2.24) is 25.1 Å². The summed E-state index contributed by atoms with van der Waals surface area (Å²) in [4.78, 5) is 30.3. The second kappa shape index (κ2) is 7.75. The van der Waals surface area contributed by atoms with Gasteiger partial charge in [-0.1, -0.05) is 13.0 Å². The second-order valence-electron chi connectivity index (χ2n) is 7.29. The molecule has 2 heterocycles. The Bertz CT molecular complexity index is 1050. The molecule has 0 saturated carbocycles. The van der Waals surface area contributed by atoms with Gasteiger partial charge in [-0.2, -0.15) is 5.10 Å². The highest BCUT2D eigenvalue weighted by atomic mass is 79.9. The average Bonchev–Trinajstić information content (AvgIpc) is 3.12. The van der Waals surface area contributed by atoms with Crippen LogP contribution in [0, 0.1) is 0 Å². The molecule has 0 fully saturated rings. The van der Waals surface area contributed by atoms with Gasteiger partial charge in [0.25, 0.3) is 5.56 Å². The van der Waals surface area contributed by atoms with Crippen LogP contribution < -0.4 is 10.9 Å². The minimum Gasteiger partial charge on any atom is -0.444 e. The zero-order valence-corrected chi connectivity index (χ0v) is 17.7. The van der Waals surface area contributed by atoms with Gasteiger partial charge < -0.3 is 10.1 Å². The van der Waals surface area contributed by atoms with Gasteiger partial charge in [0, 0.05) is 10.5 Å². The molecule has 9 heteroatoms. The maximum Gasteiger partial charge on any atom is 0.408 e. The van der Waals surface area contributed by atoms with E-state index in [-0.39, 0.29) is 5.56 Å². The number of nitrogens with one attached hydrogen (secondary N) is 2. The van der Waals surface area contributed by atoms with Crippen molar-refractivity contribution in [2.24, 2.45) is 0 Å². The molecule has 0 spiro atoms. The molecule has 0 bridgehead atoms.